The number of carbonyl (C=O) groups is 1. The van der Waals surface area contributed by atoms with Crippen molar-refractivity contribution in [2.45, 2.75) is 17.9 Å². The molecule has 0 atom stereocenters. The zero-order chi connectivity index (χ0) is 19.0. The van der Waals surface area contributed by atoms with Crippen LogP contribution in [0.3, 0.4) is 0 Å². The molecule has 0 spiro atoms. The van der Waals surface area contributed by atoms with Gasteiger partial charge in [0.05, 0.1) is 23.4 Å². The lowest BCUT2D eigenvalue weighted by Gasteiger charge is -2.06. The van der Waals surface area contributed by atoms with Gasteiger partial charge in [-0.15, -0.1) is 0 Å². The van der Waals surface area contributed by atoms with E-state index in [1.165, 1.54) is 36.4 Å². The van der Waals surface area contributed by atoms with Crippen molar-refractivity contribution < 1.29 is 22.1 Å². The van der Waals surface area contributed by atoms with Crippen LogP contribution in [-0.2, 0) is 27.8 Å². The summed E-state index contributed by atoms with van der Waals surface area (Å²) in [6, 6.07) is 10.3. The van der Waals surface area contributed by atoms with Crippen molar-refractivity contribution in [3.63, 3.8) is 0 Å². The van der Waals surface area contributed by atoms with Crippen LogP contribution >= 0.6 is 0 Å². The van der Waals surface area contributed by atoms with E-state index in [0.717, 1.165) is 0 Å². The predicted octanol–water partition coefficient (Wildman–Crippen LogP) is 1.85. The summed E-state index contributed by atoms with van der Waals surface area (Å²) in [6.07, 6.45) is 0.133. The summed E-state index contributed by atoms with van der Waals surface area (Å²) in [5, 5.41) is 6.31. The van der Waals surface area contributed by atoms with Gasteiger partial charge in [0.15, 0.2) is 0 Å². The molecule has 1 aromatic heterocycles. The number of benzene rings is 2. The second kappa shape index (κ2) is 6.56. The topological polar surface area (TPSA) is 114 Å². The molecule has 4 rings (SSSR count). The fourth-order valence-corrected chi connectivity index (χ4v) is 3.72. The lowest BCUT2D eigenvalue weighted by atomic mass is 10.2. The zero-order valence-electron chi connectivity index (χ0n) is 13.8. The van der Waals surface area contributed by atoms with Gasteiger partial charge in [-0.3, -0.25) is 4.79 Å². The van der Waals surface area contributed by atoms with Gasteiger partial charge < -0.3 is 9.84 Å². The van der Waals surface area contributed by atoms with E-state index in [-0.39, 0.29) is 41.0 Å². The van der Waals surface area contributed by atoms with Gasteiger partial charge in [0.1, 0.15) is 5.82 Å². The first-order valence-corrected chi connectivity index (χ1v) is 9.40. The van der Waals surface area contributed by atoms with Gasteiger partial charge in [0, 0.05) is 5.69 Å². The summed E-state index contributed by atoms with van der Waals surface area (Å²) < 4.78 is 46.0. The first-order valence-electron chi connectivity index (χ1n) is 7.92. The van der Waals surface area contributed by atoms with Crippen LogP contribution in [0.5, 0.6) is 0 Å². The fourth-order valence-electron chi connectivity index (χ4n) is 2.69. The number of fused-ring (bicyclic) bond motifs is 1. The number of nitrogens with one attached hydrogen (secondary N) is 2. The van der Waals surface area contributed by atoms with Crippen molar-refractivity contribution in [2.75, 3.05) is 5.32 Å². The number of amides is 1. The van der Waals surface area contributed by atoms with Crippen LogP contribution in [0.4, 0.5) is 10.1 Å². The van der Waals surface area contributed by atoms with Crippen LogP contribution in [0, 0.1) is 5.82 Å². The highest BCUT2D eigenvalue weighted by molar-refractivity contribution is 7.89. The summed E-state index contributed by atoms with van der Waals surface area (Å²) in [5.41, 5.74) is 1.37. The molecule has 0 saturated heterocycles. The molecule has 1 aliphatic heterocycles. The van der Waals surface area contributed by atoms with Crippen LogP contribution in [0.25, 0.3) is 11.4 Å². The molecule has 2 heterocycles. The maximum atomic E-state index is 13.8. The number of halogens is 1. The van der Waals surface area contributed by atoms with E-state index < -0.39 is 15.8 Å². The van der Waals surface area contributed by atoms with Gasteiger partial charge in [0.25, 0.3) is 0 Å². The van der Waals surface area contributed by atoms with Gasteiger partial charge in [-0.2, -0.15) is 4.98 Å². The second-order valence-corrected chi connectivity index (χ2v) is 7.63. The third-order valence-electron chi connectivity index (χ3n) is 4.01. The lowest BCUT2D eigenvalue weighted by molar-refractivity contribution is -0.115. The Bertz CT molecular complexity index is 1140. The molecule has 2 N–H and O–H groups in total. The summed E-state index contributed by atoms with van der Waals surface area (Å²) >= 11 is 0. The van der Waals surface area contributed by atoms with E-state index in [0.29, 0.717) is 11.3 Å². The highest BCUT2D eigenvalue weighted by atomic mass is 32.2. The van der Waals surface area contributed by atoms with E-state index in [2.05, 4.69) is 20.2 Å². The molecule has 0 bridgehead atoms. The molecular weight excluding hydrogens is 375 g/mol. The Morgan fingerprint density at radius 3 is 2.85 bits per heavy atom. The van der Waals surface area contributed by atoms with Crippen LogP contribution in [-0.4, -0.2) is 24.5 Å². The number of anilines is 1. The SMILES string of the molecule is O=C1Cc2cc(S(=O)(=O)NCc3nc(-c4ccccc4F)no3)ccc2N1. The minimum atomic E-state index is -3.85. The highest BCUT2D eigenvalue weighted by Gasteiger charge is 2.22. The largest absolute Gasteiger partial charge is 0.338 e. The Labute approximate surface area is 153 Å². The minimum absolute atomic E-state index is 0.00478. The second-order valence-electron chi connectivity index (χ2n) is 5.86. The van der Waals surface area contributed by atoms with E-state index in [1.807, 2.05) is 0 Å². The molecule has 0 saturated carbocycles. The van der Waals surface area contributed by atoms with Crippen molar-refractivity contribution in [3.8, 4) is 11.4 Å². The molecule has 3 aromatic rings. The monoisotopic (exact) mass is 388 g/mol. The number of hydrogen-bond donors (Lipinski definition) is 2. The summed E-state index contributed by atoms with van der Waals surface area (Å²) in [7, 11) is -3.85. The number of sulfonamides is 1. The standard InChI is InChI=1S/C17H13FN4O4S/c18-13-4-2-1-3-12(13)17-21-16(26-22-17)9-19-27(24,25)11-5-6-14-10(7-11)8-15(23)20-14/h1-7,19H,8-9H2,(H,20,23). The number of nitrogens with zero attached hydrogens (tertiary/aromatic N) is 2. The summed E-state index contributed by atoms with van der Waals surface area (Å²) in [4.78, 5) is 15.4. The van der Waals surface area contributed by atoms with Crippen molar-refractivity contribution >= 4 is 21.6 Å². The van der Waals surface area contributed by atoms with Gasteiger partial charge in [-0.1, -0.05) is 17.3 Å². The number of hydrogen-bond acceptors (Lipinski definition) is 6. The Balaban J connectivity index is 1.50. The van der Waals surface area contributed by atoms with Gasteiger partial charge in [-0.05, 0) is 35.9 Å². The summed E-state index contributed by atoms with van der Waals surface area (Å²) in [5.74, 6) is -0.662. The third-order valence-corrected chi connectivity index (χ3v) is 5.41. The Morgan fingerprint density at radius 2 is 2.04 bits per heavy atom. The maximum Gasteiger partial charge on any atom is 0.242 e. The molecule has 1 aliphatic rings. The van der Waals surface area contributed by atoms with E-state index in [9.17, 15) is 17.6 Å². The lowest BCUT2D eigenvalue weighted by Crippen LogP contribution is -2.23. The number of aromatic nitrogens is 2. The Morgan fingerprint density at radius 1 is 1.22 bits per heavy atom. The predicted molar refractivity (Wildman–Crippen MR) is 92.5 cm³/mol. The first kappa shape index (κ1) is 17.3. The molecule has 2 aromatic carbocycles. The normalized spacial score (nSPS) is 13.4. The van der Waals surface area contributed by atoms with Crippen LogP contribution in [0.15, 0.2) is 51.9 Å². The fraction of sp³-hybridized carbons (Fsp3) is 0.118. The molecule has 1 amide bonds. The average molecular weight is 388 g/mol. The molecule has 8 nitrogen and oxygen atoms in total. The van der Waals surface area contributed by atoms with E-state index in [4.69, 9.17) is 4.52 Å². The molecule has 10 heteroatoms. The molecule has 138 valence electrons. The number of carbonyl (C=O) groups excluding carboxylic acids is 1. The summed E-state index contributed by atoms with van der Waals surface area (Å²) in [6.45, 7) is -0.252. The van der Waals surface area contributed by atoms with Gasteiger partial charge >= 0.3 is 0 Å². The quantitative estimate of drug-likeness (QED) is 0.689. The van der Waals surface area contributed by atoms with Gasteiger partial charge in [0.2, 0.25) is 27.6 Å². The Kier molecular flexibility index (Phi) is 4.21. The molecule has 0 radical (unpaired) electrons. The Hall–Kier alpha value is -3.11. The highest BCUT2D eigenvalue weighted by Crippen LogP contribution is 2.26. The first-order chi connectivity index (χ1) is 12.9. The maximum absolute atomic E-state index is 13.8. The van der Waals surface area contributed by atoms with Crippen LogP contribution in [0.2, 0.25) is 0 Å². The van der Waals surface area contributed by atoms with Crippen LogP contribution < -0.4 is 10.0 Å². The van der Waals surface area contributed by atoms with Crippen molar-refractivity contribution in [1.82, 2.24) is 14.9 Å². The molecule has 0 unspecified atom stereocenters. The van der Waals surface area contributed by atoms with E-state index in [1.54, 1.807) is 6.07 Å². The molecule has 27 heavy (non-hydrogen) atoms. The minimum Gasteiger partial charge on any atom is -0.338 e. The molecule has 0 aliphatic carbocycles. The van der Waals surface area contributed by atoms with Crippen LogP contribution in [0.1, 0.15) is 11.5 Å². The zero-order valence-corrected chi connectivity index (χ0v) is 14.6. The van der Waals surface area contributed by atoms with E-state index >= 15 is 0 Å². The van der Waals surface area contributed by atoms with Gasteiger partial charge in [-0.25, -0.2) is 17.5 Å². The average Bonchev–Trinajstić information content (AvgIpc) is 3.25. The molecular formula is C17H13FN4O4S. The third kappa shape index (κ3) is 3.44. The number of rotatable bonds is 5. The van der Waals surface area contributed by atoms with Crippen molar-refractivity contribution in [3.05, 3.63) is 59.7 Å². The van der Waals surface area contributed by atoms with Crippen molar-refractivity contribution in [1.29, 1.82) is 0 Å². The molecule has 0 fully saturated rings. The van der Waals surface area contributed by atoms with Crippen molar-refractivity contribution in [2.24, 2.45) is 0 Å². The smallest absolute Gasteiger partial charge is 0.242 e.